The third-order valence-electron chi connectivity index (χ3n) is 7.93. The van der Waals surface area contributed by atoms with E-state index in [1.807, 2.05) is 30.3 Å². The molecule has 1 aromatic heterocycles. The first kappa shape index (κ1) is 22.9. The number of Topliss-reactive ketones (excluding diaryl/α,β-unsaturated/α-hetero) is 2. The van der Waals surface area contributed by atoms with Crippen molar-refractivity contribution in [3.8, 4) is 5.75 Å². The lowest BCUT2D eigenvalue weighted by Crippen LogP contribution is -2.57. The van der Waals surface area contributed by atoms with Crippen molar-refractivity contribution in [2.45, 2.75) is 24.4 Å². The summed E-state index contributed by atoms with van der Waals surface area (Å²) in [6.45, 7) is 0. The number of nitrogens with two attached hydrogens (primary N) is 1. The van der Waals surface area contributed by atoms with Crippen LogP contribution < -0.4 is 5.73 Å². The SMILES string of the molecule is NC(=O)C1=C(O)C[C@@H]2CC3C(=C(O)[C@]2(O)C1=O)C(=O)c1c(cc2cccnc2c1O)[C@@H]3c1ccccc1. The van der Waals surface area contributed by atoms with E-state index in [0.717, 1.165) is 5.56 Å². The summed E-state index contributed by atoms with van der Waals surface area (Å²) in [5.74, 6) is -7.30. The van der Waals surface area contributed by atoms with Crippen LogP contribution in [0.4, 0.5) is 0 Å². The van der Waals surface area contributed by atoms with Crippen LogP contribution in [0.5, 0.6) is 5.75 Å². The highest BCUT2D eigenvalue weighted by molar-refractivity contribution is 6.24. The summed E-state index contributed by atoms with van der Waals surface area (Å²) in [5, 5.41) is 45.2. The molecule has 0 saturated carbocycles. The van der Waals surface area contributed by atoms with Crippen LogP contribution in [0.3, 0.4) is 0 Å². The molecule has 0 bridgehead atoms. The highest BCUT2D eigenvalue weighted by Crippen LogP contribution is 2.57. The van der Waals surface area contributed by atoms with Crippen LogP contribution in [0.25, 0.3) is 10.9 Å². The van der Waals surface area contributed by atoms with Crippen LogP contribution in [-0.2, 0) is 9.59 Å². The van der Waals surface area contributed by atoms with Gasteiger partial charge in [0.15, 0.2) is 17.1 Å². The van der Waals surface area contributed by atoms with Crippen molar-refractivity contribution in [3.63, 3.8) is 0 Å². The maximum atomic E-state index is 13.9. The molecule has 6 rings (SSSR count). The Kier molecular flexibility index (Phi) is 4.80. The third-order valence-corrected chi connectivity index (χ3v) is 7.93. The Morgan fingerprint density at radius 3 is 2.49 bits per heavy atom. The van der Waals surface area contributed by atoms with Gasteiger partial charge in [-0.15, -0.1) is 0 Å². The first-order valence-corrected chi connectivity index (χ1v) is 11.8. The molecule has 4 atom stereocenters. The van der Waals surface area contributed by atoms with Crippen LogP contribution in [-0.4, -0.2) is 48.5 Å². The fourth-order valence-electron chi connectivity index (χ4n) is 6.32. The number of carbonyl (C=O) groups is 3. The summed E-state index contributed by atoms with van der Waals surface area (Å²) in [7, 11) is 0. The number of hydrogen-bond acceptors (Lipinski definition) is 8. The van der Waals surface area contributed by atoms with Gasteiger partial charge in [0, 0.05) is 41.3 Å². The zero-order valence-corrected chi connectivity index (χ0v) is 19.4. The number of allylic oxidation sites excluding steroid dienone is 2. The molecule has 186 valence electrons. The van der Waals surface area contributed by atoms with Gasteiger partial charge in [-0.1, -0.05) is 36.4 Å². The lowest BCUT2D eigenvalue weighted by Gasteiger charge is -2.48. The minimum atomic E-state index is -2.62. The van der Waals surface area contributed by atoms with Crippen molar-refractivity contribution in [1.82, 2.24) is 4.98 Å². The van der Waals surface area contributed by atoms with Crippen LogP contribution in [0.2, 0.25) is 0 Å². The molecule has 0 radical (unpaired) electrons. The Hall–Kier alpha value is -4.50. The van der Waals surface area contributed by atoms with E-state index in [4.69, 9.17) is 5.73 Å². The first-order chi connectivity index (χ1) is 17.7. The number of fused-ring (bicyclic) bond motifs is 4. The molecular weight excluding hydrogens is 476 g/mol. The molecule has 0 fully saturated rings. The number of carbonyl (C=O) groups excluding carboxylic acids is 3. The van der Waals surface area contributed by atoms with E-state index in [9.17, 15) is 34.8 Å². The van der Waals surface area contributed by atoms with Gasteiger partial charge in [0.25, 0.3) is 5.91 Å². The average molecular weight is 498 g/mol. The van der Waals surface area contributed by atoms with Gasteiger partial charge in [0.05, 0.1) is 5.56 Å². The number of primary amides is 1. The summed E-state index contributed by atoms with van der Waals surface area (Å²) in [4.78, 5) is 43.2. The van der Waals surface area contributed by atoms with Gasteiger partial charge in [-0.25, -0.2) is 0 Å². The van der Waals surface area contributed by atoms with Crippen LogP contribution in [0.1, 0.15) is 40.2 Å². The Balaban J connectivity index is 1.66. The second-order valence-corrected chi connectivity index (χ2v) is 9.77. The number of hydrogen-bond donors (Lipinski definition) is 5. The second kappa shape index (κ2) is 7.75. The minimum absolute atomic E-state index is 0.0360. The van der Waals surface area contributed by atoms with Gasteiger partial charge in [0.1, 0.15) is 22.6 Å². The Morgan fingerprint density at radius 1 is 1.05 bits per heavy atom. The molecule has 9 nitrogen and oxygen atoms in total. The normalized spacial score (nSPS) is 27.1. The largest absolute Gasteiger partial charge is 0.511 e. The van der Waals surface area contributed by atoms with Gasteiger partial charge < -0.3 is 26.2 Å². The number of benzene rings is 2. The molecule has 3 aliphatic rings. The monoisotopic (exact) mass is 498 g/mol. The summed E-state index contributed by atoms with van der Waals surface area (Å²) in [6, 6.07) is 14.5. The Labute approximate surface area is 210 Å². The highest BCUT2D eigenvalue weighted by Gasteiger charge is 2.61. The van der Waals surface area contributed by atoms with Gasteiger partial charge in [-0.3, -0.25) is 19.4 Å². The molecule has 0 aliphatic heterocycles. The molecule has 1 heterocycles. The molecule has 2 aromatic carbocycles. The summed E-state index contributed by atoms with van der Waals surface area (Å²) < 4.78 is 0. The molecule has 0 spiro atoms. The maximum absolute atomic E-state index is 13.9. The van der Waals surface area contributed by atoms with Crippen molar-refractivity contribution in [1.29, 1.82) is 0 Å². The highest BCUT2D eigenvalue weighted by atomic mass is 16.3. The number of aliphatic hydroxyl groups is 3. The van der Waals surface area contributed by atoms with E-state index in [1.54, 1.807) is 18.2 Å². The fraction of sp³-hybridized carbons (Fsp3) is 0.214. The zero-order chi connectivity index (χ0) is 26.2. The number of ketones is 2. The molecule has 3 aromatic rings. The van der Waals surface area contributed by atoms with Gasteiger partial charge in [0.2, 0.25) is 5.78 Å². The lowest BCUT2D eigenvalue weighted by molar-refractivity contribution is -0.144. The van der Waals surface area contributed by atoms with Crippen LogP contribution in [0, 0.1) is 11.8 Å². The molecule has 37 heavy (non-hydrogen) atoms. The number of aliphatic hydroxyl groups excluding tert-OH is 2. The second-order valence-electron chi connectivity index (χ2n) is 9.77. The maximum Gasteiger partial charge on any atom is 0.255 e. The average Bonchev–Trinajstić information content (AvgIpc) is 2.87. The first-order valence-electron chi connectivity index (χ1n) is 11.8. The summed E-state index contributed by atoms with van der Waals surface area (Å²) in [6.07, 6.45) is 1.23. The standard InChI is InChI=1S/C28H22N2O7/c29-27(36)21-17(31)11-14-10-16-18(12-5-2-1-3-6-12)15-9-13-7-4-8-30-22(13)24(33)19(15)23(32)20(16)25(34)28(14,37)26(21)35/h1-9,14,16,18,31,33-34,37H,10-11H2,(H2,29,36)/t14-,16?,18-,28-/m0/s1. The van der Waals surface area contributed by atoms with Gasteiger partial charge in [-0.05, 0) is 29.7 Å². The topological polar surface area (TPSA) is 171 Å². The molecule has 6 N–H and O–H groups in total. The smallest absolute Gasteiger partial charge is 0.255 e. The summed E-state index contributed by atoms with van der Waals surface area (Å²) in [5.41, 5.74) is 3.08. The molecule has 0 saturated heterocycles. The van der Waals surface area contributed by atoms with Crippen molar-refractivity contribution in [3.05, 3.63) is 94.1 Å². The molecular formula is C28H22N2O7. The van der Waals surface area contributed by atoms with E-state index in [0.29, 0.717) is 10.9 Å². The van der Waals surface area contributed by atoms with Crippen molar-refractivity contribution < 1.29 is 34.8 Å². The van der Waals surface area contributed by atoms with Crippen molar-refractivity contribution >= 4 is 28.4 Å². The van der Waals surface area contributed by atoms with Gasteiger partial charge >= 0.3 is 0 Å². The number of phenols is 1. The van der Waals surface area contributed by atoms with Gasteiger partial charge in [-0.2, -0.15) is 0 Å². The van der Waals surface area contributed by atoms with E-state index in [1.165, 1.54) is 6.20 Å². The van der Waals surface area contributed by atoms with E-state index < -0.39 is 57.9 Å². The number of aromatic hydroxyl groups is 1. The predicted octanol–water partition coefficient (Wildman–Crippen LogP) is 2.72. The van der Waals surface area contributed by atoms with Crippen molar-refractivity contribution in [2.75, 3.05) is 0 Å². The summed E-state index contributed by atoms with van der Waals surface area (Å²) >= 11 is 0. The Morgan fingerprint density at radius 2 is 1.78 bits per heavy atom. The number of phenolic OH excluding ortho intramolecular Hbond substituents is 1. The predicted molar refractivity (Wildman–Crippen MR) is 131 cm³/mol. The fourth-order valence-corrected chi connectivity index (χ4v) is 6.32. The Bertz CT molecular complexity index is 1610. The lowest BCUT2D eigenvalue weighted by atomic mass is 9.56. The van der Waals surface area contributed by atoms with Crippen molar-refractivity contribution in [2.24, 2.45) is 17.6 Å². The number of aromatic nitrogens is 1. The minimum Gasteiger partial charge on any atom is -0.511 e. The number of nitrogens with zero attached hydrogens (tertiary/aromatic N) is 1. The number of pyridine rings is 1. The molecule has 1 unspecified atom stereocenters. The third kappa shape index (κ3) is 2.94. The zero-order valence-electron chi connectivity index (χ0n) is 19.4. The number of amides is 1. The molecule has 1 amide bonds. The number of rotatable bonds is 2. The van der Waals surface area contributed by atoms with E-state index in [2.05, 4.69) is 4.98 Å². The van der Waals surface area contributed by atoms with E-state index in [-0.39, 0.29) is 35.2 Å². The van der Waals surface area contributed by atoms with Crippen LogP contribution >= 0.6 is 0 Å². The molecule has 3 aliphatic carbocycles. The van der Waals surface area contributed by atoms with E-state index >= 15 is 0 Å². The molecule has 9 heteroatoms. The quantitative estimate of drug-likeness (QED) is 0.336. The van der Waals surface area contributed by atoms with Crippen LogP contribution in [0.15, 0.2) is 77.4 Å².